The van der Waals surface area contributed by atoms with Gasteiger partial charge in [0.1, 0.15) is 0 Å². The van der Waals surface area contributed by atoms with Crippen LogP contribution in [0.1, 0.15) is 30.1 Å². The number of aromatic carboxylic acids is 1. The van der Waals surface area contributed by atoms with Crippen LogP contribution in [0, 0.1) is 0 Å². The van der Waals surface area contributed by atoms with Gasteiger partial charge < -0.3 is 5.11 Å². The summed E-state index contributed by atoms with van der Waals surface area (Å²) < 4.78 is 50.5. The molecule has 0 aliphatic rings. The second kappa shape index (κ2) is 8.07. The van der Waals surface area contributed by atoms with Gasteiger partial charge >= 0.3 is 5.97 Å². The first-order valence-electron chi connectivity index (χ1n) is 8.07. The third-order valence-corrected chi connectivity index (χ3v) is 6.56. The topological polar surface area (TPSA) is 135 Å². The Morgan fingerprint density at radius 1 is 1.04 bits per heavy atom. The minimum Gasteiger partial charge on any atom is -0.478 e. The Kier molecular flexibility index (Phi) is 6.24. The molecule has 0 aliphatic heterocycles. The van der Waals surface area contributed by atoms with E-state index in [1.165, 1.54) is 42.5 Å². The molecule has 146 valence electrons. The van der Waals surface area contributed by atoms with Gasteiger partial charge in [-0.15, -0.1) is 0 Å². The van der Waals surface area contributed by atoms with Gasteiger partial charge in [0.05, 0.1) is 21.0 Å². The highest BCUT2D eigenvalue weighted by atomic mass is 32.2. The number of hydrogen-bond acceptors (Lipinski definition) is 5. The highest BCUT2D eigenvalue weighted by molar-refractivity contribution is 7.93. The van der Waals surface area contributed by atoms with Gasteiger partial charge in [-0.3, -0.25) is 4.31 Å². The van der Waals surface area contributed by atoms with Crippen LogP contribution in [0.5, 0.6) is 0 Å². The fourth-order valence-electron chi connectivity index (χ4n) is 2.48. The van der Waals surface area contributed by atoms with Crippen LogP contribution in [0.15, 0.2) is 58.3 Å². The SMILES string of the molecule is CCCCN(c1ccccc1C(=O)O)S(=O)(=O)c1cccc(S(N)(=O)=O)c1. The Morgan fingerprint density at radius 2 is 1.67 bits per heavy atom. The molecule has 2 aromatic rings. The van der Waals surface area contributed by atoms with Crippen LogP contribution in [0.2, 0.25) is 0 Å². The van der Waals surface area contributed by atoms with Crippen molar-refractivity contribution in [1.29, 1.82) is 0 Å². The molecule has 0 atom stereocenters. The fraction of sp³-hybridized carbons (Fsp3) is 0.235. The monoisotopic (exact) mass is 412 g/mol. The van der Waals surface area contributed by atoms with Gasteiger partial charge in [0.2, 0.25) is 10.0 Å². The van der Waals surface area contributed by atoms with Gasteiger partial charge in [-0.1, -0.05) is 31.5 Å². The van der Waals surface area contributed by atoms with Gasteiger partial charge in [-0.25, -0.2) is 26.8 Å². The number of carbonyl (C=O) groups is 1. The van der Waals surface area contributed by atoms with Gasteiger partial charge in [0, 0.05) is 6.54 Å². The number of sulfonamides is 2. The number of anilines is 1. The number of nitrogens with two attached hydrogens (primary N) is 1. The van der Waals surface area contributed by atoms with Crippen LogP contribution in [0.25, 0.3) is 0 Å². The Labute approximate surface area is 158 Å². The molecular formula is C17H20N2O6S2. The molecule has 0 amide bonds. The van der Waals surface area contributed by atoms with Crippen molar-refractivity contribution in [2.75, 3.05) is 10.8 Å². The summed E-state index contributed by atoms with van der Waals surface area (Å²) in [5.74, 6) is -1.26. The van der Waals surface area contributed by atoms with E-state index in [2.05, 4.69) is 0 Å². The molecule has 0 unspecified atom stereocenters. The quantitative estimate of drug-likeness (QED) is 0.681. The minimum atomic E-state index is -4.22. The lowest BCUT2D eigenvalue weighted by molar-refractivity contribution is 0.0697. The Morgan fingerprint density at radius 3 is 2.26 bits per heavy atom. The standard InChI is InChI=1S/C17H20N2O6S2/c1-2-3-11-19(16-10-5-4-9-15(16)17(20)21)27(24,25)14-8-6-7-13(12-14)26(18,22)23/h4-10,12H,2-3,11H2,1H3,(H,20,21)(H2,18,22,23). The summed E-state index contributed by atoms with van der Waals surface area (Å²) in [7, 11) is -8.31. The molecule has 0 spiro atoms. The van der Waals surface area contributed by atoms with Gasteiger partial charge in [0.25, 0.3) is 10.0 Å². The van der Waals surface area contributed by atoms with Crippen LogP contribution in [0.3, 0.4) is 0 Å². The van der Waals surface area contributed by atoms with Gasteiger partial charge in [0.15, 0.2) is 0 Å². The van der Waals surface area contributed by atoms with E-state index in [-0.39, 0.29) is 27.6 Å². The summed E-state index contributed by atoms with van der Waals surface area (Å²) in [6, 6.07) is 10.4. The Hall–Kier alpha value is -2.43. The molecule has 0 radical (unpaired) electrons. The van der Waals surface area contributed by atoms with Crippen molar-refractivity contribution in [2.24, 2.45) is 5.14 Å². The zero-order valence-corrected chi connectivity index (χ0v) is 16.2. The van der Waals surface area contributed by atoms with Crippen LogP contribution >= 0.6 is 0 Å². The molecule has 3 N–H and O–H groups in total. The number of unbranched alkanes of at least 4 members (excludes halogenated alkanes) is 1. The average Bonchev–Trinajstić information content (AvgIpc) is 2.61. The van der Waals surface area contributed by atoms with Crippen molar-refractivity contribution >= 4 is 31.7 Å². The predicted octanol–water partition coefficient (Wildman–Crippen LogP) is 2.03. The molecule has 0 bridgehead atoms. The first-order chi connectivity index (χ1) is 12.6. The summed E-state index contributed by atoms with van der Waals surface area (Å²) in [5, 5.41) is 14.5. The molecule has 0 aromatic heterocycles. The molecule has 0 saturated carbocycles. The van der Waals surface area contributed by atoms with E-state index in [1.807, 2.05) is 6.92 Å². The first-order valence-corrected chi connectivity index (χ1v) is 11.1. The van der Waals surface area contributed by atoms with Crippen molar-refractivity contribution in [3.05, 3.63) is 54.1 Å². The number of primary sulfonamides is 1. The smallest absolute Gasteiger partial charge is 0.337 e. The van der Waals surface area contributed by atoms with E-state index in [1.54, 1.807) is 0 Å². The van der Waals surface area contributed by atoms with Crippen LogP contribution in [-0.2, 0) is 20.0 Å². The highest BCUT2D eigenvalue weighted by Gasteiger charge is 2.28. The largest absolute Gasteiger partial charge is 0.478 e. The summed E-state index contributed by atoms with van der Waals surface area (Å²) in [6.45, 7) is 1.91. The minimum absolute atomic E-state index is 0.0134. The van der Waals surface area contributed by atoms with Gasteiger partial charge in [-0.05, 0) is 36.8 Å². The molecular weight excluding hydrogens is 392 g/mol. The van der Waals surface area contributed by atoms with E-state index in [9.17, 15) is 26.7 Å². The predicted molar refractivity (Wildman–Crippen MR) is 101 cm³/mol. The molecule has 2 rings (SSSR count). The van der Waals surface area contributed by atoms with E-state index >= 15 is 0 Å². The molecule has 0 fully saturated rings. The summed E-state index contributed by atoms with van der Waals surface area (Å²) >= 11 is 0. The van der Waals surface area contributed by atoms with Crippen LogP contribution < -0.4 is 9.44 Å². The fourth-order valence-corrected chi connectivity index (χ4v) is 4.69. The van der Waals surface area contributed by atoms with E-state index in [0.717, 1.165) is 10.4 Å². The van der Waals surface area contributed by atoms with E-state index < -0.39 is 26.0 Å². The summed E-state index contributed by atoms with van der Waals surface area (Å²) in [5.41, 5.74) is -0.153. The number of nitrogens with zero attached hydrogens (tertiary/aromatic N) is 1. The third kappa shape index (κ3) is 4.65. The number of carboxylic acid groups (broad SMARTS) is 1. The molecule has 2 aromatic carbocycles. The second-order valence-electron chi connectivity index (χ2n) is 5.77. The molecule has 27 heavy (non-hydrogen) atoms. The van der Waals surface area contributed by atoms with Crippen LogP contribution in [-0.4, -0.2) is 34.5 Å². The van der Waals surface area contributed by atoms with Crippen molar-refractivity contribution < 1.29 is 26.7 Å². The zero-order valence-electron chi connectivity index (χ0n) is 14.6. The second-order valence-corrected chi connectivity index (χ2v) is 9.20. The van der Waals surface area contributed by atoms with Crippen molar-refractivity contribution in [3.8, 4) is 0 Å². The number of benzene rings is 2. The highest BCUT2D eigenvalue weighted by Crippen LogP contribution is 2.28. The molecule has 0 heterocycles. The lowest BCUT2D eigenvalue weighted by Gasteiger charge is -2.26. The molecule has 0 aliphatic carbocycles. The van der Waals surface area contributed by atoms with Gasteiger partial charge in [-0.2, -0.15) is 0 Å². The summed E-state index contributed by atoms with van der Waals surface area (Å²) in [4.78, 5) is 10.9. The molecule has 8 nitrogen and oxygen atoms in total. The zero-order chi connectivity index (χ0) is 20.2. The lowest BCUT2D eigenvalue weighted by Crippen LogP contribution is -2.33. The maximum Gasteiger partial charge on any atom is 0.337 e. The first kappa shape index (κ1) is 20.9. The number of para-hydroxylation sites is 1. The van der Waals surface area contributed by atoms with Crippen molar-refractivity contribution in [2.45, 2.75) is 29.6 Å². The summed E-state index contributed by atoms with van der Waals surface area (Å²) in [6.07, 6.45) is 1.17. The number of carboxylic acids is 1. The maximum absolute atomic E-state index is 13.2. The number of rotatable bonds is 8. The Bertz CT molecular complexity index is 1050. The van der Waals surface area contributed by atoms with Crippen molar-refractivity contribution in [3.63, 3.8) is 0 Å². The van der Waals surface area contributed by atoms with E-state index in [0.29, 0.717) is 12.8 Å². The van der Waals surface area contributed by atoms with Crippen molar-refractivity contribution in [1.82, 2.24) is 0 Å². The number of hydrogen-bond donors (Lipinski definition) is 2. The average molecular weight is 412 g/mol. The van der Waals surface area contributed by atoms with Crippen LogP contribution in [0.4, 0.5) is 5.69 Å². The normalized spacial score (nSPS) is 11.9. The lowest BCUT2D eigenvalue weighted by atomic mass is 10.1. The maximum atomic E-state index is 13.2. The van der Waals surface area contributed by atoms with E-state index in [4.69, 9.17) is 5.14 Å². The Balaban J connectivity index is 2.65. The molecule has 10 heteroatoms. The third-order valence-electron chi connectivity index (χ3n) is 3.84. The molecule has 0 saturated heterocycles.